The van der Waals surface area contributed by atoms with Gasteiger partial charge in [0.05, 0.1) is 6.61 Å². The summed E-state index contributed by atoms with van der Waals surface area (Å²) in [6, 6.07) is 10.2. The minimum absolute atomic E-state index is 0.0775. The van der Waals surface area contributed by atoms with Crippen LogP contribution in [0.5, 0.6) is 0 Å². The van der Waals surface area contributed by atoms with Gasteiger partial charge in [-0.2, -0.15) is 0 Å². The highest BCUT2D eigenvalue weighted by Gasteiger charge is 2.43. The maximum atomic E-state index is 5.53. The number of hydrogen-bond acceptors (Lipinski definition) is 3. The monoisotopic (exact) mass is 219 g/mol. The Bertz CT molecular complexity index is 384. The second-order valence-electron chi connectivity index (χ2n) is 4.40. The number of rotatable bonds is 2. The van der Waals surface area contributed by atoms with Crippen molar-refractivity contribution in [3.05, 3.63) is 35.9 Å². The molecule has 3 heteroatoms. The lowest BCUT2D eigenvalue weighted by molar-refractivity contribution is 0.00188. The Balaban J connectivity index is 2.32. The SMILES string of the molecule is CCOC1=NOC(C)(C)C1c1ccccc1. The van der Waals surface area contributed by atoms with E-state index in [-0.39, 0.29) is 11.5 Å². The molecule has 1 aromatic rings. The van der Waals surface area contributed by atoms with E-state index in [1.165, 1.54) is 5.56 Å². The largest absolute Gasteiger partial charge is 0.478 e. The maximum absolute atomic E-state index is 5.53. The molecule has 0 bridgehead atoms. The van der Waals surface area contributed by atoms with Crippen LogP contribution in [-0.2, 0) is 9.57 Å². The van der Waals surface area contributed by atoms with Crippen molar-refractivity contribution in [2.75, 3.05) is 6.61 Å². The molecule has 0 saturated heterocycles. The molecule has 0 spiro atoms. The molecule has 1 atom stereocenters. The molecule has 0 saturated carbocycles. The quantitative estimate of drug-likeness (QED) is 0.765. The fourth-order valence-corrected chi connectivity index (χ4v) is 2.01. The van der Waals surface area contributed by atoms with Crippen LogP contribution in [0.1, 0.15) is 32.3 Å². The Kier molecular flexibility index (Phi) is 2.86. The summed E-state index contributed by atoms with van der Waals surface area (Å²) in [5.74, 6) is 0.757. The number of hydrogen-bond donors (Lipinski definition) is 0. The van der Waals surface area contributed by atoms with E-state index >= 15 is 0 Å². The highest BCUT2D eigenvalue weighted by Crippen LogP contribution is 2.37. The van der Waals surface area contributed by atoms with E-state index in [1.54, 1.807) is 0 Å². The van der Waals surface area contributed by atoms with Gasteiger partial charge >= 0.3 is 0 Å². The third-order valence-corrected chi connectivity index (χ3v) is 2.74. The first kappa shape index (κ1) is 11.0. The van der Waals surface area contributed by atoms with E-state index in [2.05, 4.69) is 17.3 Å². The van der Waals surface area contributed by atoms with Crippen LogP contribution in [0.4, 0.5) is 0 Å². The summed E-state index contributed by atoms with van der Waals surface area (Å²) >= 11 is 0. The molecule has 1 heterocycles. The fraction of sp³-hybridized carbons (Fsp3) is 0.462. The Hall–Kier alpha value is -1.51. The van der Waals surface area contributed by atoms with Crippen molar-refractivity contribution in [2.45, 2.75) is 32.3 Å². The Labute approximate surface area is 96.1 Å². The van der Waals surface area contributed by atoms with E-state index < -0.39 is 0 Å². The second kappa shape index (κ2) is 4.16. The van der Waals surface area contributed by atoms with Crippen molar-refractivity contribution in [1.29, 1.82) is 0 Å². The van der Waals surface area contributed by atoms with Crippen molar-refractivity contribution in [3.63, 3.8) is 0 Å². The molecule has 16 heavy (non-hydrogen) atoms. The van der Waals surface area contributed by atoms with Crippen LogP contribution in [0.2, 0.25) is 0 Å². The van der Waals surface area contributed by atoms with Gasteiger partial charge in [-0.05, 0) is 26.3 Å². The third kappa shape index (κ3) is 1.90. The fourth-order valence-electron chi connectivity index (χ4n) is 2.01. The van der Waals surface area contributed by atoms with E-state index in [4.69, 9.17) is 9.57 Å². The van der Waals surface area contributed by atoms with Gasteiger partial charge in [0.1, 0.15) is 11.5 Å². The molecule has 0 radical (unpaired) electrons. The average molecular weight is 219 g/mol. The van der Waals surface area contributed by atoms with Crippen molar-refractivity contribution in [1.82, 2.24) is 0 Å². The number of benzene rings is 1. The molecule has 1 aliphatic heterocycles. The molecular weight excluding hydrogens is 202 g/mol. The number of nitrogens with zero attached hydrogens (tertiary/aromatic N) is 1. The standard InChI is InChI=1S/C13H17NO2/c1-4-15-12-11(13(2,3)16-14-12)10-8-6-5-7-9-10/h5-9,11H,4H2,1-3H3. The zero-order chi connectivity index (χ0) is 11.6. The van der Waals surface area contributed by atoms with E-state index in [9.17, 15) is 0 Å². The van der Waals surface area contributed by atoms with Crippen molar-refractivity contribution in [3.8, 4) is 0 Å². The topological polar surface area (TPSA) is 30.8 Å². The molecule has 0 aromatic heterocycles. The minimum Gasteiger partial charge on any atom is -0.478 e. The summed E-state index contributed by atoms with van der Waals surface area (Å²) < 4.78 is 5.53. The minimum atomic E-state index is -0.341. The summed E-state index contributed by atoms with van der Waals surface area (Å²) in [5, 5.41) is 4.03. The summed E-state index contributed by atoms with van der Waals surface area (Å²) in [7, 11) is 0. The van der Waals surface area contributed by atoms with Gasteiger partial charge in [-0.25, -0.2) is 0 Å². The lowest BCUT2D eigenvalue weighted by atomic mass is 9.85. The van der Waals surface area contributed by atoms with Crippen molar-refractivity contribution >= 4 is 5.90 Å². The molecule has 0 fully saturated rings. The van der Waals surface area contributed by atoms with E-state index in [1.807, 2.05) is 39.0 Å². The van der Waals surface area contributed by atoms with Crippen LogP contribution in [0.15, 0.2) is 35.5 Å². The maximum Gasteiger partial charge on any atom is 0.237 e. The molecule has 2 rings (SSSR count). The summed E-state index contributed by atoms with van der Waals surface area (Å²) in [4.78, 5) is 5.44. The average Bonchev–Trinajstić information content (AvgIpc) is 2.56. The predicted molar refractivity (Wildman–Crippen MR) is 63.4 cm³/mol. The Morgan fingerprint density at radius 1 is 1.31 bits per heavy atom. The predicted octanol–water partition coefficient (Wildman–Crippen LogP) is 2.93. The second-order valence-corrected chi connectivity index (χ2v) is 4.40. The molecule has 1 unspecified atom stereocenters. The van der Waals surface area contributed by atoms with Gasteiger partial charge in [-0.15, -0.1) is 0 Å². The zero-order valence-electron chi connectivity index (χ0n) is 9.93. The summed E-state index contributed by atoms with van der Waals surface area (Å²) in [6.45, 7) is 6.62. The van der Waals surface area contributed by atoms with E-state index in [0.717, 1.165) is 0 Å². The molecule has 86 valence electrons. The van der Waals surface area contributed by atoms with Crippen LogP contribution in [0.25, 0.3) is 0 Å². The van der Waals surface area contributed by atoms with Crippen LogP contribution in [0.3, 0.4) is 0 Å². The molecule has 1 aromatic carbocycles. The number of ether oxygens (including phenoxy) is 1. The van der Waals surface area contributed by atoms with Crippen LogP contribution < -0.4 is 0 Å². The molecule has 0 N–H and O–H groups in total. The van der Waals surface area contributed by atoms with Crippen LogP contribution in [0, 0.1) is 0 Å². The van der Waals surface area contributed by atoms with Crippen molar-refractivity contribution < 1.29 is 9.57 Å². The molecule has 0 amide bonds. The van der Waals surface area contributed by atoms with Gasteiger partial charge in [-0.1, -0.05) is 35.5 Å². The van der Waals surface area contributed by atoms with Gasteiger partial charge in [-0.3, -0.25) is 0 Å². The van der Waals surface area contributed by atoms with Gasteiger partial charge in [0.15, 0.2) is 0 Å². The van der Waals surface area contributed by atoms with Crippen LogP contribution >= 0.6 is 0 Å². The molecule has 3 nitrogen and oxygen atoms in total. The highest BCUT2D eigenvalue weighted by molar-refractivity contribution is 5.86. The summed E-state index contributed by atoms with van der Waals surface area (Å²) in [5.41, 5.74) is 0.837. The highest BCUT2D eigenvalue weighted by atomic mass is 16.7. The lowest BCUT2D eigenvalue weighted by Crippen LogP contribution is -2.31. The first-order valence-corrected chi connectivity index (χ1v) is 5.59. The molecular formula is C13H17NO2. The van der Waals surface area contributed by atoms with Crippen LogP contribution in [-0.4, -0.2) is 18.1 Å². The lowest BCUT2D eigenvalue weighted by Gasteiger charge is -2.24. The van der Waals surface area contributed by atoms with E-state index in [0.29, 0.717) is 12.5 Å². The normalized spacial score (nSPS) is 22.4. The van der Waals surface area contributed by atoms with Gasteiger partial charge in [0.2, 0.25) is 5.90 Å². The summed E-state index contributed by atoms with van der Waals surface area (Å²) in [6.07, 6.45) is 0. The zero-order valence-corrected chi connectivity index (χ0v) is 9.93. The van der Waals surface area contributed by atoms with Gasteiger partial charge < -0.3 is 9.57 Å². The third-order valence-electron chi connectivity index (χ3n) is 2.74. The molecule has 1 aliphatic rings. The first-order chi connectivity index (χ1) is 7.65. The molecule has 0 aliphatic carbocycles. The van der Waals surface area contributed by atoms with Gasteiger partial charge in [0, 0.05) is 0 Å². The Morgan fingerprint density at radius 3 is 2.62 bits per heavy atom. The first-order valence-electron chi connectivity index (χ1n) is 5.59. The van der Waals surface area contributed by atoms with Gasteiger partial charge in [0.25, 0.3) is 0 Å². The Morgan fingerprint density at radius 2 is 2.00 bits per heavy atom. The smallest absolute Gasteiger partial charge is 0.237 e. The number of oxime groups is 1. The van der Waals surface area contributed by atoms with Crippen molar-refractivity contribution in [2.24, 2.45) is 5.16 Å².